The van der Waals surface area contributed by atoms with E-state index in [4.69, 9.17) is 9.57 Å². The number of methoxy groups -OCH3 is 1. The van der Waals surface area contributed by atoms with Gasteiger partial charge in [-0.1, -0.05) is 47.6 Å². The van der Waals surface area contributed by atoms with Crippen LogP contribution in [0.4, 0.5) is 0 Å². The number of ether oxygens (including phenoxy) is 1. The van der Waals surface area contributed by atoms with Gasteiger partial charge in [0, 0.05) is 29.2 Å². The van der Waals surface area contributed by atoms with Crippen LogP contribution in [-0.4, -0.2) is 40.1 Å². The highest BCUT2D eigenvalue weighted by Crippen LogP contribution is 2.52. The van der Waals surface area contributed by atoms with Gasteiger partial charge in [-0.15, -0.1) is 0 Å². The van der Waals surface area contributed by atoms with Crippen LogP contribution in [0.15, 0.2) is 53.7 Å². The van der Waals surface area contributed by atoms with Crippen LogP contribution in [0.3, 0.4) is 0 Å². The minimum atomic E-state index is -0.643. The molecule has 2 heterocycles. The van der Waals surface area contributed by atoms with Crippen molar-refractivity contribution in [3.8, 4) is 17.2 Å². The molecule has 2 aliphatic heterocycles. The van der Waals surface area contributed by atoms with Gasteiger partial charge in [0.05, 0.1) is 35.1 Å². The summed E-state index contributed by atoms with van der Waals surface area (Å²) >= 11 is 0. The SMILES string of the molecule is COc1cccc2c1C(=O)c1c(O)c3c(c(O)c1C2=O)CC1(C)NC3C/C1=N\OCc1ccccc1. The summed E-state index contributed by atoms with van der Waals surface area (Å²) in [5, 5.41) is 30.5. The lowest BCUT2D eigenvalue weighted by molar-refractivity contribution is 0.0971. The van der Waals surface area contributed by atoms with Gasteiger partial charge in [-0.05, 0) is 25.0 Å². The van der Waals surface area contributed by atoms with E-state index in [0.29, 0.717) is 24.2 Å². The van der Waals surface area contributed by atoms with Crippen molar-refractivity contribution in [3.63, 3.8) is 0 Å². The highest BCUT2D eigenvalue weighted by molar-refractivity contribution is 6.31. The van der Waals surface area contributed by atoms with E-state index in [1.807, 2.05) is 37.3 Å². The summed E-state index contributed by atoms with van der Waals surface area (Å²) < 4.78 is 5.32. The van der Waals surface area contributed by atoms with Crippen molar-refractivity contribution in [2.45, 2.75) is 38.0 Å². The van der Waals surface area contributed by atoms with Crippen LogP contribution in [-0.2, 0) is 17.9 Å². The minimum Gasteiger partial charge on any atom is -0.507 e. The van der Waals surface area contributed by atoms with E-state index in [1.54, 1.807) is 12.1 Å². The average Bonchev–Trinajstić information content (AvgIpc) is 3.14. The lowest BCUT2D eigenvalue weighted by Gasteiger charge is -2.35. The van der Waals surface area contributed by atoms with Gasteiger partial charge in [-0.25, -0.2) is 0 Å². The fourth-order valence-electron chi connectivity index (χ4n) is 5.69. The Balaban J connectivity index is 1.42. The Hall–Kier alpha value is -4.17. The van der Waals surface area contributed by atoms with Crippen LogP contribution in [0.5, 0.6) is 17.2 Å². The second-order valence-corrected chi connectivity index (χ2v) is 9.59. The number of benzene rings is 3. The third-order valence-corrected chi connectivity index (χ3v) is 7.42. The number of oxime groups is 1. The number of rotatable bonds is 4. The van der Waals surface area contributed by atoms with Crippen LogP contribution in [0.1, 0.15) is 67.9 Å². The number of aromatic hydroxyl groups is 2. The highest BCUT2D eigenvalue weighted by Gasteiger charge is 2.51. The number of ketones is 2. The van der Waals surface area contributed by atoms with Crippen molar-refractivity contribution in [3.05, 3.63) is 87.5 Å². The summed E-state index contributed by atoms with van der Waals surface area (Å²) in [7, 11) is 1.41. The van der Waals surface area contributed by atoms with Crippen molar-refractivity contribution in [1.82, 2.24) is 5.32 Å². The Morgan fingerprint density at radius 1 is 1.00 bits per heavy atom. The van der Waals surface area contributed by atoms with Gasteiger partial charge in [0.1, 0.15) is 23.9 Å². The number of phenols is 2. The molecule has 2 bridgehead atoms. The molecule has 182 valence electrons. The molecule has 1 fully saturated rings. The third-order valence-electron chi connectivity index (χ3n) is 7.42. The number of fused-ring (bicyclic) bond motifs is 6. The van der Waals surface area contributed by atoms with Crippen LogP contribution in [0.25, 0.3) is 0 Å². The van der Waals surface area contributed by atoms with Crippen molar-refractivity contribution < 1.29 is 29.4 Å². The highest BCUT2D eigenvalue weighted by atomic mass is 16.6. The van der Waals surface area contributed by atoms with E-state index in [2.05, 4.69) is 10.5 Å². The van der Waals surface area contributed by atoms with Gasteiger partial charge in [0.15, 0.2) is 5.78 Å². The van der Waals surface area contributed by atoms with E-state index in [1.165, 1.54) is 13.2 Å². The first kappa shape index (κ1) is 22.3. The minimum absolute atomic E-state index is 0.0868. The monoisotopic (exact) mass is 484 g/mol. The molecular weight excluding hydrogens is 460 g/mol. The molecule has 1 saturated heterocycles. The molecule has 3 N–H and O–H groups in total. The maximum absolute atomic E-state index is 13.5. The van der Waals surface area contributed by atoms with Crippen LogP contribution in [0.2, 0.25) is 0 Å². The fourth-order valence-corrected chi connectivity index (χ4v) is 5.69. The first-order valence-corrected chi connectivity index (χ1v) is 11.7. The first-order valence-electron chi connectivity index (χ1n) is 11.7. The molecule has 0 spiro atoms. The van der Waals surface area contributed by atoms with Gasteiger partial charge in [-0.2, -0.15) is 0 Å². The standard InChI is InChI=1S/C28H24N2O6/c1-28-12-16-20(17(29-28)11-19(28)30-36-13-14-7-4-3-5-8-14)26(33)23-22(25(16)32)24(31)15-9-6-10-18(35-2)21(15)27(23)34/h3-10,17,29,32-33H,11-13H2,1-2H3/b30-19+. The van der Waals surface area contributed by atoms with Gasteiger partial charge >= 0.3 is 0 Å². The molecule has 8 nitrogen and oxygen atoms in total. The number of nitrogens with zero attached hydrogens (tertiary/aromatic N) is 1. The second-order valence-electron chi connectivity index (χ2n) is 9.59. The van der Waals surface area contributed by atoms with Crippen molar-refractivity contribution in [2.75, 3.05) is 7.11 Å². The van der Waals surface area contributed by atoms with Crippen molar-refractivity contribution in [1.29, 1.82) is 0 Å². The molecule has 3 aromatic carbocycles. The number of phenolic OH excluding ortho intramolecular Hbond substituents is 2. The molecule has 3 aromatic rings. The smallest absolute Gasteiger partial charge is 0.202 e. The lowest BCUT2D eigenvalue weighted by atomic mass is 9.77. The van der Waals surface area contributed by atoms with Crippen LogP contribution >= 0.6 is 0 Å². The number of hydrogen-bond acceptors (Lipinski definition) is 8. The summed E-state index contributed by atoms with van der Waals surface area (Å²) in [6, 6.07) is 14.0. The quantitative estimate of drug-likeness (QED) is 0.298. The van der Waals surface area contributed by atoms with E-state index < -0.39 is 23.1 Å². The third kappa shape index (κ3) is 3.07. The van der Waals surface area contributed by atoms with Gasteiger partial charge in [0.2, 0.25) is 5.78 Å². The molecule has 8 heteroatoms. The Morgan fingerprint density at radius 2 is 1.75 bits per heavy atom. The van der Waals surface area contributed by atoms with Crippen molar-refractivity contribution >= 4 is 17.3 Å². The predicted molar refractivity (Wildman–Crippen MR) is 131 cm³/mol. The predicted octanol–water partition coefficient (Wildman–Crippen LogP) is 3.80. The number of carbonyl (C=O) groups excluding carboxylic acids is 2. The normalized spacial score (nSPS) is 22.7. The summed E-state index contributed by atoms with van der Waals surface area (Å²) in [6.07, 6.45) is 0.692. The number of nitrogens with one attached hydrogen (secondary N) is 1. The summed E-state index contributed by atoms with van der Waals surface area (Å²) in [4.78, 5) is 32.6. The summed E-state index contributed by atoms with van der Waals surface area (Å²) in [5.74, 6) is -1.40. The van der Waals surface area contributed by atoms with Crippen LogP contribution < -0.4 is 10.1 Å². The van der Waals surface area contributed by atoms with Gasteiger partial charge in [0.25, 0.3) is 0 Å². The maximum atomic E-state index is 13.5. The molecule has 2 unspecified atom stereocenters. The number of carbonyl (C=O) groups is 2. The van der Waals surface area contributed by atoms with Gasteiger partial charge < -0.3 is 19.8 Å². The van der Waals surface area contributed by atoms with E-state index >= 15 is 0 Å². The molecule has 1 aliphatic carbocycles. The van der Waals surface area contributed by atoms with Crippen molar-refractivity contribution in [2.24, 2.45) is 5.16 Å². The number of hydrogen-bond donors (Lipinski definition) is 3. The van der Waals surface area contributed by atoms with E-state index in [0.717, 1.165) is 11.3 Å². The Bertz CT molecular complexity index is 1480. The second kappa shape index (κ2) is 7.93. The fraction of sp³-hybridized carbons (Fsp3) is 0.250. The molecule has 36 heavy (non-hydrogen) atoms. The zero-order valence-corrected chi connectivity index (χ0v) is 19.8. The Labute approximate surface area is 207 Å². The molecular formula is C28H24N2O6. The summed E-state index contributed by atoms with van der Waals surface area (Å²) in [5.41, 5.74) is 1.80. The Kier molecular flexibility index (Phi) is 4.91. The molecule has 6 rings (SSSR count). The maximum Gasteiger partial charge on any atom is 0.202 e. The van der Waals surface area contributed by atoms with Crippen LogP contribution in [0, 0.1) is 0 Å². The largest absolute Gasteiger partial charge is 0.507 e. The molecule has 0 radical (unpaired) electrons. The van der Waals surface area contributed by atoms with E-state index in [-0.39, 0.29) is 45.9 Å². The molecule has 0 amide bonds. The molecule has 3 aliphatic rings. The zero-order chi connectivity index (χ0) is 25.2. The zero-order valence-electron chi connectivity index (χ0n) is 19.8. The molecule has 0 aromatic heterocycles. The average molecular weight is 485 g/mol. The molecule has 2 atom stereocenters. The lowest BCUT2D eigenvalue weighted by Crippen LogP contribution is -2.48. The Morgan fingerprint density at radius 3 is 2.50 bits per heavy atom. The van der Waals surface area contributed by atoms with Gasteiger partial charge in [-0.3, -0.25) is 14.9 Å². The molecule has 0 saturated carbocycles. The summed E-state index contributed by atoms with van der Waals surface area (Å²) in [6.45, 7) is 2.26. The topological polar surface area (TPSA) is 117 Å². The van der Waals surface area contributed by atoms with E-state index in [9.17, 15) is 19.8 Å². The first-order chi connectivity index (χ1) is 17.3.